The van der Waals surface area contributed by atoms with Gasteiger partial charge in [-0.05, 0) is 51.4 Å². The molecule has 2 atom stereocenters. The summed E-state index contributed by atoms with van der Waals surface area (Å²) in [5.74, 6) is -0.941. The molecule has 0 aromatic carbocycles. The summed E-state index contributed by atoms with van der Waals surface area (Å²) in [5.41, 5.74) is 5.32. The molecule has 0 aliphatic carbocycles. The molecule has 10 heteroatoms. The summed E-state index contributed by atoms with van der Waals surface area (Å²) in [6, 6.07) is 0. The van der Waals surface area contributed by atoms with Crippen LogP contribution in [-0.4, -0.2) is 49.3 Å². The van der Waals surface area contributed by atoms with Gasteiger partial charge in [0.15, 0.2) is 6.10 Å². The minimum absolute atomic E-state index is 0.0353. The average molecular weight is 706 g/mol. The van der Waals surface area contributed by atoms with Crippen LogP contribution in [0.15, 0.2) is 85.1 Å². The van der Waals surface area contributed by atoms with Crippen molar-refractivity contribution in [2.75, 3.05) is 26.4 Å². The second-order valence-corrected chi connectivity index (χ2v) is 13.0. The molecule has 0 aromatic heterocycles. The third kappa shape index (κ3) is 34.8. The minimum Gasteiger partial charge on any atom is -0.462 e. The molecule has 0 amide bonds. The molecule has 3 N–H and O–H groups in total. The fraction of sp³-hybridized carbons (Fsp3) is 0.590. The van der Waals surface area contributed by atoms with E-state index in [1.807, 2.05) is 54.7 Å². The van der Waals surface area contributed by atoms with Crippen molar-refractivity contribution in [3.8, 4) is 0 Å². The number of carbonyl (C=O) groups excluding carboxylic acids is 2. The number of rotatable bonds is 32. The van der Waals surface area contributed by atoms with Gasteiger partial charge in [-0.2, -0.15) is 0 Å². The maximum Gasteiger partial charge on any atom is 0.472 e. The predicted molar refractivity (Wildman–Crippen MR) is 201 cm³/mol. The predicted octanol–water partition coefficient (Wildman–Crippen LogP) is 9.71. The van der Waals surface area contributed by atoms with E-state index in [9.17, 15) is 19.0 Å². The van der Waals surface area contributed by atoms with E-state index in [2.05, 4.69) is 44.2 Å². The second kappa shape index (κ2) is 35.0. The van der Waals surface area contributed by atoms with Crippen LogP contribution in [0, 0.1) is 0 Å². The van der Waals surface area contributed by atoms with E-state index in [0.717, 1.165) is 51.4 Å². The number of hydrogen-bond acceptors (Lipinski definition) is 8. The number of ether oxygens (including phenoxy) is 2. The van der Waals surface area contributed by atoms with Crippen molar-refractivity contribution in [3.05, 3.63) is 85.1 Å². The molecule has 278 valence electrons. The van der Waals surface area contributed by atoms with Crippen LogP contribution >= 0.6 is 7.82 Å². The summed E-state index contributed by atoms with van der Waals surface area (Å²) in [4.78, 5) is 34.6. The number of nitrogens with two attached hydrogens (primary N) is 1. The maximum absolute atomic E-state index is 12.5. The Kier molecular flexibility index (Phi) is 33.0. The van der Waals surface area contributed by atoms with Gasteiger partial charge in [0.2, 0.25) is 0 Å². The topological polar surface area (TPSA) is 134 Å². The largest absolute Gasteiger partial charge is 0.472 e. The van der Waals surface area contributed by atoms with Gasteiger partial charge >= 0.3 is 19.8 Å². The molecule has 0 aromatic rings. The molecule has 0 spiro atoms. The van der Waals surface area contributed by atoms with E-state index in [0.29, 0.717) is 19.3 Å². The van der Waals surface area contributed by atoms with Crippen LogP contribution in [0.5, 0.6) is 0 Å². The van der Waals surface area contributed by atoms with Gasteiger partial charge < -0.3 is 20.1 Å². The summed E-state index contributed by atoms with van der Waals surface area (Å²) in [7, 11) is -4.40. The summed E-state index contributed by atoms with van der Waals surface area (Å²) in [6.07, 6.45) is 42.0. The molecule has 0 aliphatic heterocycles. The fourth-order valence-corrected chi connectivity index (χ4v) is 5.01. The number of esters is 2. The maximum atomic E-state index is 12.5. The summed E-state index contributed by atoms with van der Waals surface area (Å²) < 4.78 is 32.5. The molecule has 0 heterocycles. The van der Waals surface area contributed by atoms with E-state index in [-0.39, 0.29) is 32.6 Å². The Bertz CT molecular complexity index is 1080. The lowest BCUT2D eigenvalue weighted by Crippen LogP contribution is -2.29. The monoisotopic (exact) mass is 705 g/mol. The SMILES string of the molecule is CC/C=C/C=C/C=C/C=C/C=C/CCCC(=O)OC(COC(=O)CCCCCCCC/C=C/C=C/CCCCC)COP(=O)(O)OCCN. The summed E-state index contributed by atoms with van der Waals surface area (Å²) >= 11 is 0. The van der Waals surface area contributed by atoms with Crippen molar-refractivity contribution in [2.24, 2.45) is 5.73 Å². The van der Waals surface area contributed by atoms with Gasteiger partial charge in [-0.25, -0.2) is 4.57 Å². The van der Waals surface area contributed by atoms with E-state index in [1.54, 1.807) is 0 Å². The first-order valence-corrected chi connectivity index (χ1v) is 19.6. The highest BCUT2D eigenvalue weighted by Crippen LogP contribution is 2.43. The Morgan fingerprint density at radius 1 is 0.633 bits per heavy atom. The normalized spacial score (nSPS) is 14.4. The van der Waals surface area contributed by atoms with Crippen LogP contribution in [0.2, 0.25) is 0 Å². The highest BCUT2D eigenvalue weighted by Gasteiger charge is 2.25. The Hall–Kier alpha value is -2.81. The smallest absolute Gasteiger partial charge is 0.462 e. The van der Waals surface area contributed by atoms with Crippen LogP contribution in [0.1, 0.15) is 117 Å². The molecular formula is C39H64NO8P. The lowest BCUT2D eigenvalue weighted by Gasteiger charge is -2.19. The van der Waals surface area contributed by atoms with Gasteiger partial charge in [-0.1, -0.05) is 137 Å². The number of allylic oxidation sites excluding steroid dienone is 14. The zero-order valence-electron chi connectivity index (χ0n) is 30.1. The number of hydrogen-bond donors (Lipinski definition) is 2. The van der Waals surface area contributed by atoms with Gasteiger partial charge in [0.25, 0.3) is 0 Å². The number of phosphoric ester groups is 1. The molecule has 9 nitrogen and oxygen atoms in total. The van der Waals surface area contributed by atoms with Crippen molar-refractivity contribution in [1.82, 2.24) is 0 Å². The first-order chi connectivity index (χ1) is 23.8. The Labute approximate surface area is 296 Å². The fourth-order valence-electron chi connectivity index (χ4n) is 4.24. The first-order valence-electron chi connectivity index (χ1n) is 18.1. The lowest BCUT2D eigenvalue weighted by molar-refractivity contribution is -0.161. The van der Waals surface area contributed by atoms with Gasteiger partial charge in [0.1, 0.15) is 6.61 Å². The standard InChI is InChI=1S/C39H64NO8P/c1-3-5-7-9-11-13-15-17-18-20-21-23-25-27-29-31-38(41)45-35-37(36-47-49(43,44)46-34-33-40)48-39(42)32-30-28-26-24-22-19-16-14-12-10-8-6-4-2/h6,8,10-17,19,22,24,26,37H,3-5,7,9,18,20-21,23,25,27-36,40H2,1-2H3,(H,43,44)/b8-6+,12-10+,13-11+,16-14+,17-15+,22-19+,26-24+. The van der Waals surface area contributed by atoms with Gasteiger partial charge in [0, 0.05) is 19.4 Å². The van der Waals surface area contributed by atoms with Crippen molar-refractivity contribution in [3.63, 3.8) is 0 Å². The van der Waals surface area contributed by atoms with E-state index < -0.39 is 32.5 Å². The van der Waals surface area contributed by atoms with Gasteiger partial charge in [0.05, 0.1) is 13.2 Å². The zero-order chi connectivity index (χ0) is 36.1. The molecule has 49 heavy (non-hydrogen) atoms. The second-order valence-electron chi connectivity index (χ2n) is 11.5. The Morgan fingerprint density at radius 3 is 1.76 bits per heavy atom. The third-order valence-corrected chi connectivity index (χ3v) is 7.91. The molecule has 0 rings (SSSR count). The molecule has 0 saturated carbocycles. The Morgan fingerprint density at radius 2 is 1.14 bits per heavy atom. The van der Waals surface area contributed by atoms with Crippen molar-refractivity contribution < 1.29 is 37.6 Å². The number of phosphoric acid groups is 1. The minimum atomic E-state index is -4.40. The first kappa shape index (κ1) is 46.2. The van der Waals surface area contributed by atoms with E-state index in [1.165, 1.54) is 19.3 Å². The molecule has 0 bridgehead atoms. The van der Waals surface area contributed by atoms with Crippen LogP contribution in [0.4, 0.5) is 0 Å². The molecular weight excluding hydrogens is 641 g/mol. The highest BCUT2D eigenvalue weighted by atomic mass is 31.2. The number of unbranched alkanes of at least 4 members (excludes halogenated alkanes) is 10. The van der Waals surface area contributed by atoms with Crippen LogP contribution in [0.3, 0.4) is 0 Å². The quantitative estimate of drug-likeness (QED) is 0.0304. The van der Waals surface area contributed by atoms with Crippen LogP contribution in [-0.2, 0) is 32.7 Å². The van der Waals surface area contributed by atoms with Crippen LogP contribution < -0.4 is 5.73 Å². The Balaban J connectivity index is 4.41. The van der Waals surface area contributed by atoms with Gasteiger partial charge in [-0.15, -0.1) is 0 Å². The molecule has 0 aliphatic rings. The highest BCUT2D eigenvalue weighted by molar-refractivity contribution is 7.47. The van der Waals surface area contributed by atoms with E-state index in [4.69, 9.17) is 24.3 Å². The molecule has 0 saturated heterocycles. The van der Waals surface area contributed by atoms with Crippen LogP contribution in [0.25, 0.3) is 0 Å². The number of carbonyl (C=O) groups is 2. The third-order valence-electron chi connectivity index (χ3n) is 6.92. The lowest BCUT2D eigenvalue weighted by atomic mass is 10.1. The molecule has 2 unspecified atom stereocenters. The zero-order valence-corrected chi connectivity index (χ0v) is 31.0. The summed E-state index contributed by atoms with van der Waals surface area (Å²) in [5, 5.41) is 0. The van der Waals surface area contributed by atoms with Gasteiger partial charge in [-0.3, -0.25) is 18.6 Å². The summed E-state index contributed by atoms with van der Waals surface area (Å²) in [6.45, 7) is 3.41. The van der Waals surface area contributed by atoms with Crippen molar-refractivity contribution in [2.45, 2.75) is 123 Å². The van der Waals surface area contributed by atoms with Crippen molar-refractivity contribution in [1.29, 1.82) is 0 Å². The molecule has 0 fully saturated rings. The average Bonchev–Trinajstić information content (AvgIpc) is 3.08. The van der Waals surface area contributed by atoms with E-state index >= 15 is 0 Å². The molecule has 0 radical (unpaired) electrons. The van der Waals surface area contributed by atoms with Crippen molar-refractivity contribution >= 4 is 19.8 Å².